The number of nitrogens with one attached hydrogen (secondary N) is 2. The van der Waals surface area contributed by atoms with Crippen molar-refractivity contribution in [3.63, 3.8) is 0 Å². The maximum Gasteiger partial charge on any atom is 0.252 e. The maximum atomic E-state index is 12.4. The van der Waals surface area contributed by atoms with Crippen molar-refractivity contribution in [3.8, 4) is 0 Å². The maximum absolute atomic E-state index is 12.4. The van der Waals surface area contributed by atoms with Gasteiger partial charge in [0.05, 0.1) is 24.2 Å². The molecule has 0 unspecified atom stereocenters. The van der Waals surface area contributed by atoms with Crippen LogP contribution in [-0.4, -0.2) is 34.5 Å². The molecule has 0 radical (unpaired) electrons. The largest absolute Gasteiger partial charge is 0.352 e. The Morgan fingerprint density at radius 1 is 0.875 bits per heavy atom. The van der Waals surface area contributed by atoms with Gasteiger partial charge in [-0.2, -0.15) is 0 Å². The van der Waals surface area contributed by atoms with Gasteiger partial charge in [0.1, 0.15) is 12.4 Å². The molecule has 0 fully saturated rings. The van der Waals surface area contributed by atoms with E-state index in [1.807, 2.05) is 0 Å². The number of imidazole rings is 1. The van der Waals surface area contributed by atoms with Crippen molar-refractivity contribution in [2.45, 2.75) is 84.7 Å². The molecule has 32 heavy (non-hydrogen) atoms. The van der Waals surface area contributed by atoms with Crippen LogP contribution in [0.25, 0.3) is 0 Å². The predicted octanol–water partition coefficient (Wildman–Crippen LogP) is 3.88. The van der Waals surface area contributed by atoms with E-state index >= 15 is 0 Å². The highest BCUT2D eigenvalue weighted by Crippen LogP contribution is 2.04. The fourth-order valence-corrected chi connectivity index (χ4v) is 3.53. The van der Waals surface area contributed by atoms with Crippen molar-refractivity contribution < 1.29 is 14.2 Å². The summed E-state index contributed by atoms with van der Waals surface area (Å²) in [5.41, 5.74) is 0.832. The second-order valence-electron chi connectivity index (χ2n) is 8.34. The molecule has 2 N–H and O–H groups in total. The molecule has 176 valence electrons. The molecule has 0 aliphatic rings. The van der Waals surface area contributed by atoms with Gasteiger partial charge in [-0.15, -0.1) is 0 Å². The summed E-state index contributed by atoms with van der Waals surface area (Å²) >= 11 is 0. The second-order valence-corrected chi connectivity index (χ2v) is 8.34. The normalized spacial score (nSPS) is 10.8. The minimum atomic E-state index is -0.200. The number of pyridine rings is 1. The van der Waals surface area contributed by atoms with Crippen LogP contribution in [0, 0.1) is 0 Å². The first-order chi connectivity index (χ1) is 15.6. The van der Waals surface area contributed by atoms with Gasteiger partial charge >= 0.3 is 0 Å². The molecule has 0 bridgehead atoms. The van der Waals surface area contributed by atoms with Gasteiger partial charge < -0.3 is 10.6 Å². The first-order valence-electron chi connectivity index (χ1n) is 12.2. The number of rotatable bonds is 16. The summed E-state index contributed by atoms with van der Waals surface area (Å²) in [7, 11) is 0. The number of aromatic nitrogens is 3. The average Bonchev–Trinajstić information content (AvgIpc) is 3.27. The summed E-state index contributed by atoms with van der Waals surface area (Å²) in [6, 6.07) is 1.61. The van der Waals surface area contributed by atoms with Gasteiger partial charge in [0.15, 0.2) is 0 Å². The van der Waals surface area contributed by atoms with Crippen molar-refractivity contribution in [2.75, 3.05) is 13.1 Å². The third-order valence-electron chi connectivity index (χ3n) is 5.47. The molecule has 2 amide bonds. The number of hydrogen-bond donors (Lipinski definition) is 2. The van der Waals surface area contributed by atoms with Crippen LogP contribution >= 0.6 is 0 Å². The molecule has 2 heterocycles. The van der Waals surface area contributed by atoms with Gasteiger partial charge in [0.25, 0.3) is 11.8 Å². The van der Waals surface area contributed by atoms with Gasteiger partial charge in [-0.25, -0.2) is 9.13 Å². The summed E-state index contributed by atoms with van der Waals surface area (Å²) in [4.78, 5) is 28.8. The molecule has 2 aromatic rings. The first kappa shape index (κ1) is 25.6. The van der Waals surface area contributed by atoms with Crippen LogP contribution in [0.15, 0.2) is 37.2 Å². The van der Waals surface area contributed by atoms with Crippen molar-refractivity contribution in [1.82, 2.24) is 20.2 Å². The third kappa shape index (κ3) is 9.62. The van der Waals surface area contributed by atoms with Crippen LogP contribution in [-0.2, 0) is 13.1 Å². The molecule has 0 spiro atoms. The summed E-state index contributed by atoms with van der Waals surface area (Å²) < 4.78 is 4.37. The van der Waals surface area contributed by atoms with Gasteiger partial charge in [-0.05, 0) is 25.3 Å². The van der Waals surface area contributed by atoms with Crippen molar-refractivity contribution in [1.29, 1.82) is 0 Å². The number of carbonyl (C=O) groups is 2. The number of hydrogen-bond acceptors (Lipinski definition) is 3. The molecule has 7 heteroatoms. The highest BCUT2D eigenvalue weighted by Gasteiger charge is 2.11. The van der Waals surface area contributed by atoms with E-state index in [2.05, 4.69) is 57.3 Å². The highest BCUT2D eigenvalue weighted by molar-refractivity contribution is 5.99. The zero-order valence-corrected chi connectivity index (χ0v) is 19.8. The second kappa shape index (κ2) is 15.2. The van der Waals surface area contributed by atoms with Crippen LogP contribution in [0.1, 0.15) is 92.4 Å². The molecule has 7 nitrogen and oxygen atoms in total. The molecule has 0 atom stereocenters. The molecule has 0 aliphatic carbocycles. The lowest BCUT2D eigenvalue weighted by atomic mass is 10.1. The Morgan fingerprint density at radius 3 is 2.16 bits per heavy atom. The monoisotopic (exact) mass is 442 g/mol. The van der Waals surface area contributed by atoms with Crippen LogP contribution in [0.5, 0.6) is 0 Å². The Bertz CT molecular complexity index is 818. The lowest BCUT2D eigenvalue weighted by Crippen LogP contribution is -2.34. The topological polar surface area (TPSA) is 79.9 Å². The van der Waals surface area contributed by atoms with E-state index < -0.39 is 0 Å². The van der Waals surface area contributed by atoms with Gasteiger partial charge in [0, 0.05) is 31.9 Å². The smallest absolute Gasteiger partial charge is 0.252 e. The summed E-state index contributed by atoms with van der Waals surface area (Å²) in [6.07, 6.45) is 19.6. The number of amides is 2. The van der Waals surface area contributed by atoms with Gasteiger partial charge in [-0.3, -0.25) is 14.6 Å². The van der Waals surface area contributed by atoms with Crippen LogP contribution in [0.4, 0.5) is 0 Å². The third-order valence-corrected chi connectivity index (χ3v) is 5.47. The van der Waals surface area contributed by atoms with E-state index in [4.69, 9.17) is 0 Å². The first-order valence-corrected chi connectivity index (χ1v) is 12.2. The number of unbranched alkanes of at least 4 members (excludes halogenated alkanes) is 6. The van der Waals surface area contributed by atoms with E-state index in [9.17, 15) is 9.59 Å². The van der Waals surface area contributed by atoms with Crippen LogP contribution in [0.3, 0.4) is 0 Å². The van der Waals surface area contributed by atoms with Gasteiger partial charge in [-0.1, -0.05) is 46.0 Å². The fraction of sp³-hybridized carbons (Fsp3) is 0.600. The Morgan fingerprint density at radius 2 is 1.50 bits per heavy atom. The lowest BCUT2D eigenvalue weighted by Gasteiger charge is -2.07. The minimum Gasteiger partial charge on any atom is -0.352 e. The fourth-order valence-electron chi connectivity index (χ4n) is 3.53. The molecule has 2 rings (SSSR count). The Hall–Kier alpha value is -2.70. The standard InChI is InChI=1S/C25H39N5O2/c1-3-5-7-9-12-27-24(31)22-18-23(20-26-19-22)25(32)28-13-11-15-30-17-16-29(21-30)14-10-8-6-4-2/h16-21H,3-15H2,1-2H3,(H-,27,28,31,32)/p+1. The van der Waals surface area contributed by atoms with Gasteiger partial charge in [0.2, 0.25) is 6.33 Å². The molecule has 0 saturated carbocycles. The quantitative estimate of drug-likeness (QED) is 0.306. The molecular formula is C25H40N5O2+. The zero-order chi connectivity index (χ0) is 23.0. The highest BCUT2D eigenvalue weighted by atomic mass is 16.2. The van der Waals surface area contributed by atoms with Crippen molar-refractivity contribution in [2.24, 2.45) is 0 Å². The van der Waals surface area contributed by atoms with E-state index in [0.717, 1.165) is 32.4 Å². The van der Waals surface area contributed by atoms with E-state index in [1.165, 1.54) is 50.9 Å². The molecule has 0 saturated heterocycles. The summed E-state index contributed by atoms with van der Waals surface area (Å²) in [5.74, 6) is -0.382. The van der Waals surface area contributed by atoms with E-state index in [0.29, 0.717) is 24.2 Å². The Kier molecular flexibility index (Phi) is 12.1. The van der Waals surface area contributed by atoms with Crippen molar-refractivity contribution >= 4 is 11.8 Å². The average molecular weight is 443 g/mol. The minimum absolute atomic E-state index is 0.181. The summed E-state index contributed by atoms with van der Waals surface area (Å²) in [6.45, 7) is 7.50. The van der Waals surface area contributed by atoms with Crippen LogP contribution < -0.4 is 15.2 Å². The molecule has 2 aromatic heterocycles. The summed E-state index contributed by atoms with van der Waals surface area (Å²) in [5, 5.41) is 5.83. The SMILES string of the molecule is CCCCCCNC(=O)c1cncc(C(=O)NCCC[n+]2ccn(CCCCCC)c2)c1. The Labute approximate surface area is 192 Å². The number of aryl methyl sites for hydroxylation is 2. The van der Waals surface area contributed by atoms with Crippen molar-refractivity contribution in [3.05, 3.63) is 48.3 Å². The lowest BCUT2D eigenvalue weighted by molar-refractivity contribution is -0.696. The molecule has 0 aliphatic heterocycles. The Balaban J connectivity index is 1.69. The number of carbonyl (C=O) groups excluding carboxylic acids is 2. The number of nitrogens with zero attached hydrogens (tertiary/aromatic N) is 3. The van der Waals surface area contributed by atoms with Crippen LogP contribution in [0.2, 0.25) is 0 Å². The molecular weight excluding hydrogens is 402 g/mol. The predicted molar refractivity (Wildman–Crippen MR) is 126 cm³/mol. The van der Waals surface area contributed by atoms with E-state index in [1.54, 1.807) is 6.07 Å². The molecule has 0 aromatic carbocycles. The zero-order valence-electron chi connectivity index (χ0n) is 19.8. The van der Waals surface area contributed by atoms with E-state index in [-0.39, 0.29) is 11.8 Å².